The summed E-state index contributed by atoms with van der Waals surface area (Å²) in [5, 5.41) is 12.4. The number of morpholine rings is 1. The number of nitroso groups, excluding NO2 is 1. The highest BCUT2D eigenvalue weighted by atomic mass is 19.4. The van der Waals surface area contributed by atoms with Crippen molar-refractivity contribution < 1.29 is 46.3 Å². The van der Waals surface area contributed by atoms with Crippen molar-refractivity contribution in [3.05, 3.63) is 90.8 Å². The number of nitrogens with one attached hydrogen (secondary N) is 2. The molecule has 1 fully saturated rings. The fourth-order valence-corrected chi connectivity index (χ4v) is 8.65. The Hall–Kier alpha value is -4.44. The molecule has 2 aromatic rings. The third kappa shape index (κ3) is 11.0. The zero-order valence-electron chi connectivity index (χ0n) is 35.0. The van der Waals surface area contributed by atoms with Crippen LogP contribution in [0, 0.1) is 35.9 Å². The molecule has 2 heterocycles. The maximum atomic E-state index is 16.3. The Morgan fingerprint density at radius 3 is 2.10 bits per heavy atom. The number of carboxylic acids is 1. The minimum atomic E-state index is -4.91. The molecule has 0 bridgehead atoms. The van der Waals surface area contributed by atoms with Crippen molar-refractivity contribution >= 4 is 17.4 Å². The van der Waals surface area contributed by atoms with E-state index in [2.05, 4.69) is 15.6 Å². The fraction of sp³-hybridized carbons (Fsp3) is 0.595. The van der Waals surface area contributed by atoms with Crippen LogP contribution in [0.1, 0.15) is 114 Å². The second-order valence-electron chi connectivity index (χ2n) is 17.7. The normalized spacial score (nSPS) is 20.7. The van der Waals surface area contributed by atoms with Gasteiger partial charge in [0.1, 0.15) is 33.8 Å². The molecule has 58 heavy (non-hydrogen) atoms. The van der Waals surface area contributed by atoms with E-state index in [4.69, 9.17) is 4.74 Å². The minimum Gasteiger partial charge on any atom is -0.481 e. The van der Waals surface area contributed by atoms with Crippen LogP contribution in [0.15, 0.2) is 46.5 Å². The number of allylic oxidation sites excluding steroid dienone is 3. The number of benzene rings is 1. The van der Waals surface area contributed by atoms with E-state index < -0.39 is 81.8 Å². The quantitative estimate of drug-likeness (QED) is 0.0716. The van der Waals surface area contributed by atoms with E-state index in [1.807, 2.05) is 27.7 Å². The highest BCUT2D eigenvalue weighted by Gasteiger charge is 2.48. The summed E-state index contributed by atoms with van der Waals surface area (Å²) in [5.41, 5.74) is -0.482. The third-order valence-electron chi connectivity index (χ3n) is 10.6. The van der Waals surface area contributed by atoms with Crippen LogP contribution in [0.25, 0.3) is 5.57 Å². The van der Waals surface area contributed by atoms with Gasteiger partial charge in [0.15, 0.2) is 0 Å². The summed E-state index contributed by atoms with van der Waals surface area (Å²) in [4.78, 5) is 55.9. The number of alkyl halides is 3. The highest BCUT2D eigenvalue weighted by molar-refractivity contribution is 5.94. The Morgan fingerprint density at radius 2 is 1.57 bits per heavy atom. The summed E-state index contributed by atoms with van der Waals surface area (Å²) in [7, 11) is 0. The van der Waals surface area contributed by atoms with E-state index >= 15 is 4.39 Å². The second-order valence-corrected chi connectivity index (χ2v) is 17.7. The number of hydrogen-bond donors (Lipinski definition) is 3. The number of ether oxygens (including phenoxy) is 1. The fourth-order valence-electron chi connectivity index (χ4n) is 8.65. The Labute approximate surface area is 336 Å². The van der Waals surface area contributed by atoms with Crippen LogP contribution in [-0.4, -0.2) is 74.4 Å². The number of amides is 1. The summed E-state index contributed by atoms with van der Waals surface area (Å²) in [6.45, 7) is 18.6. The molecule has 1 aromatic carbocycles. The van der Waals surface area contributed by atoms with Crippen molar-refractivity contribution in [2.45, 2.75) is 131 Å². The van der Waals surface area contributed by atoms with E-state index in [0.717, 1.165) is 6.07 Å². The highest BCUT2D eigenvalue weighted by Crippen LogP contribution is 2.48. The summed E-state index contributed by atoms with van der Waals surface area (Å²) < 4.78 is 79.7. The van der Waals surface area contributed by atoms with Crippen LogP contribution >= 0.6 is 0 Å². The average Bonchev–Trinajstić information content (AvgIpc) is 3.04. The SMILES string of the molecule is CC1=C(F)C(C)([C@H](CC(=O)O)N[N+](=O)[C@H](CC(C)C)NC(=O)c2ccc(C(F)(F)F)n(CCCN3CC(C)(C)OC(C)(C)C3)c2=O)CC(c2c(C)cc(F)cc2C)=C1. The molecule has 2 aliphatic rings. The van der Waals surface area contributed by atoms with Gasteiger partial charge in [-0.05, 0) is 119 Å². The molecule has 3 N–H and O–H groups in total. The first-order valence-corrected chi connectivity index (χ1v) is 19.5. The lowest BCUT2D eigenvalue weighted by Crippen LogP contribution is -2.57. The van der Waals surface area contributed by atoms with Gasteiger partial charge >= 0.3 is 18.3 Å². The summed E-state index contributed by atoms with van der Waals surface area (Å²) in [6, 6.07) is 2.72. The Kier molecular flexibility index (Phi) is 13.9. The predicted octanol–water partition coefficient (Wildman–Crippen LogP) is 7.87. The van der Waals surface area contributed by atoms with Gasteiger partial charge in [-0.15, -0.1) is 5.43 Å². The van der Waals surface area contributed by atoms with E-state index in [0.29, 0.717) is 52.5 Å². The molecule has 16 heteroatoms. The average molecular weight is 823 g/mol. The van der Waals surface area contributed by atoms with Crippen molar-refractivity contribution in [3.63, 3.8) is 0 Å². The van der Waals surface area contributed by atoms with Crippen LogP contribution in [0.4, 0.5) is 22.0 Å². The molecule has 3 atom stereocenters. The van der Waals surface area contributed by atoms with Crippen molar-refractivity contribution in [2.75, 3.05) is 19.6 Å². The van der Waals surface area contributed by atoms with Crippen LogP contribution < -0.4 is 16.3 Å². The zero-order valence-corrected chi connectivity index (χ0v) is 35.0. The largest absolute Gasteiger partial charge is 0.481 e. The van der Waals surface area contributed by atoms with Gasteiger partial charge in [0.05, 0.1) is 22.5 Å². The monoisotopic (exact) mass is 822 g/mol. The number of pyridine rings is 1. The van der Waals surface area contributed by atoms with Crippen LogP contribution in [-0.2, 0) is 22.3 Å². The van der Waals surface area contributed by atoms with Gasteiger partial charge in [0.25, 0.3) is 11.5 Å². The zero-order chi connectivity index (χ0) is 43.7. The minimum absolute atomic E-state index is 0.0453. The van der Waals surface area contributed by atoms with Gasteiger partial charge in [0.2, 0.25) is 0 Å². The Balaban J connectivity index is 1.62. The smallest absolute Gasteiger partial charge is 0.431 e. The van der Waals surface area contributed by atoms with Crippen molar-refractivity contribution in [2.24, 2.45) is 11.3 Å². The number of carboxylic acid groups (broad SMARTS) is 1. The van der Waals surface area contributed by atoms with Gasteiger partial charge in [-0.3, -0.25) is 24.6 Å². The van der Waals surface area contributed by atoms with Crippen molar-refractivity contribution in [3.8, 4) is 0 Å². The number of aryl methyl sites for hydroxylation is 2. The molecule has 0 saturated carbocycles. The number of halogens is 5. The first-order chi connectivity index (χ1) is 26.6. The summed E-state index contributed by atoms with van der Waals surface area (Å²) in [6.07, 6.45) is -5.46. The second kappa shape index (κ2) is 17.4. The third-order valence-corrected chi connectivity index (χ3v) is 10.6. The molecular formula is C42H57F5N5O6+. The number of nitrogens with zero attached hydrogens (tertiary/aromatic N) is 3. The lowest BCUT2D eigenvalue weighted by Gasteiger charge is -2.47. The summed E-state index contributed by atoms with van der Waals surface area (Å²) in [5.74, 6) is -3.85. The summed E-state index contributed by atoms with van der Waals surface area (Å²) >= 11 is 0. The predicted molar refractivity (Wildman–Crippen MR) is 210 cm³/mol. The molecule has 1 aliphatic heterocycles. The molecule has 0 spiro atoms. The molecule has 1 aromatic heterocycles. The maximum absolute atomic E-state index is 16.3. The maximum Gasteiger partial charge on any atom is 0.431 e. The first-order valence-electron chi connectivity index (χ1n) is 19.5. The molecule has 1 unspecified atom stereocenters. The molecule has 1 saturated heterocycles. The van der Waals surface area contributed by atoms with Crippen molar-refractivity contribution in [1.29, 1.82) is 0 Å². The van der Waals surface area contributed by atoms with E-state index in [1.54, 1.807) is 33.8 Å². The molecular weight excluding hydrogens is 765 g/mol. The lowest BCUT2D eigenvalue weighted by molar-refractivity contribution is -0.652. The topological polar surface area (TPSA) is 133 Å². The molecule has 1 aliphatic carbocycles. The first kappa shape index (κ1) is 46.3. The molecule has 0 radical (unpaired) electrons. The van der Waals surface area contributed by atoms with Gasteiger partial charge in [-0.1, -0.05) is 26.8 Å². The number of rotatable bonds is 15. The standard InChI is InChI=1S/C42H56F5N5O6/c1-24(2)16-33(52(57)49-31(20-34(53)54)41(10)21-28(17-27(5)36(41)44)35-25(3)18-29(43)19-26(35)4)48-37(55)30-12-13-32(42(45,46)47)51(38(30)56)15-11-14-50-22-39(6,7)58-40(8,9)23-50/h12-13,17-19,24,31,33H,11,14-16,20-23H2,1-10H3,(H2-,48,49,53,54,55,57)/p+1/t31-,33+,41?/m0/s1. The van der Waals surface area contributed by atoms with E-state index in [-0.39, 0.29) is 42.2 Å². The van der Waals surface area contributed by atoms with Gasteiger partial charge in [-0.25, -0.2) is 8.78 Å². The molecule has 320 valence electrons. The number of aromatic nitrogens is 1. The number of carbonyl (C=O) groups is 2. The number of aliphatic carboxylic acids is 1. The van der Waals surface area contributed by atoms with Gasteiger partial charge in [0, 0.05) is 38.0 Å². The van der Waals surface area contributed by atoms with E-state index in [9.17, 15) is 42.0 Å². The van der Waals surface area contributed by atoms with Crippen LogP contribution in [0.2, 0.25) is 0 Å². The lowest BCUT2D eigenvalue weighted by atomic mass is 9.69. The Morgan fingerprint density at radius 1 is 0.983 bits per heavy atom. The molecule has 1 amide bonds. The number of carbonyl (C=O) groups excluding carboxylic acids is 1. The number of hydrazine groups is 1. The number of hydrogen-bond acceptors (Lipinski definition) is 6. The van der Waals surface area contributed by atoms with Gasteiger partial charge < -0.3 is 14.4 Å². The van der Waals surface area contributed by atoms with Crippen molar-refractivity contribution in [1.82, 2.24) is 20.2 Å². The molecule has 4 rings (SSSR count). The van der Waals surface area contributed by atoms with Crippen LogP contribution in [0.5, 0.6) is 0 Å². The van der Waals surface area contributed by atoms with Gasteiger partial charge in [-0.2, -0.15) is 13.2 Å². The van der Waals surface area contributed by atoms with Crippen LogP contribution in [0.3, 0.4) is 0 Å². The molecule has 11 nitrogen and oxygen atoms in total. The Bertz CT molecular complexity index is 2000. The van der Waals surface area contributed by atoms with E-state index in [1.165, 1.54) is 26.0 Å².